The second-order valence-corrected chi connectivity index (χ2v) is 9.52. The third kappa shape index (κ3) is 3.37. The summed E-state index contributed by atoms with van der Waals surface area (Å²) in [6.07, 6.45) is 0. The predicted octanol–water partition coefficient (Wildman–Crippen LogP) is 3.85. The molecule has 5 rings (SSSR count). The Kier molecular flexibility index (Phi) is 5.18. The van der Waals surface area contributed by atoms with Crippen molar-refractivity contribution in [3.63, 3.8) is 0 Å². The summed E-state index contributed by atoms with van der Waals surface area (Å²) in [6.45, 7) is 2.29. The first-order valence-electron chi connectivity index (χ1n) is 9.99. The van der Waals surface area contributed by atoms with Crippen LogP contribution in [-0.2, 0) is 16.1 Å². The molecule has 4 heterocycles. The largest absolute Gasteiger partial charge is 0.361 e. The Morgan fingerprint density at radius 2 is 2.00 bits per heavy atom. The molecule has 2 saturated heterocycles. The zero-order chi connectivity index (χ0) is 20.6. The maximum absolute atomic E-state index is 13.7. The Morgan fingerprint density at radius 1 is 1.13 bits per heavy atom. The van der Waals surface area contributed by atoms with E-state index in [9.17, 15) is 9.59 Å². The van der Waals surface area contributed by atoms with Crippen molar-refractivity contribution in [2.24, 2.45) is 0 Å². The van der Waals surface area contributed by atoms with E-state index in [1.54, 1.807) is 16.2 Å². The third-order valence-electron chi connectivity index (χ3n) is 5.95. The molecular formula is C23H22N2O3S2. The number of amides is 2. The molecule has 2 amide bonds. The highest BCUT2D eigenvalue weighted by Crippen LogP contribution is 2.43. The van der Waals surface area contributed by atoms with Gasteiger partial charge in [-0.05, 0) is 28.5 Å². The van der Waals surface area contributed by atoms with Crippen LogP contribution in [0.4, 0.5) is 0 Å². The van der Waals surface area contributed by atoms with Crippen LogP contribution in [0.15, 0.2) is 64.7 Å². The average molecular weight is 439 g/mol. The molecule has 0 radical (unpaired) electrons. The summed E-state index contributed by atoms with van der Waals surface area (Å²) in [5, 5.41) is 5.79. The zero-order valence-corrected chi connectivity index (χ0v) is 18.0. The van der Waals surface area contributed by atoms with Crippen molar-refractivity contribution in [2.75, 3.05) is 26.2 Å². The van der Waals surface area contributed by atoms with Crippen LogP contribution < -0.4 is 0 Å². The fraction of sp³-hybridized carbons (Fsp3) is 0.304. The smallest absolute Gasteiger partial charge is 0.257 e. The summed E-state index contributed by atoms with van der Waals surface area (Å²) >= 11 is 3.15. The molecular weight excluding hydrogens is 416 g/mol. The molecule has 0 aliphatic carbocycles. The van der Waals surface area contributed by atoms with Gasteiger partial charge in [0.25, 0.3) is 11.8 Å². The van der Waals surface area contributed by atoms with Crippen LogP contribution in [0.2, 0.25) is 0 Å². The first kappa shape index (κ1) is 19.5. The lowest BCUT2D eigenvalue weighted by atomic mass is 9.83. The first-order chi connectivity index (χ1) is 14.7. The molecule has 2 fully saturated rings. The van der Waals surface area contributed by atoms with Crippen LogP contribution in [0.1, 0.15) is 26.7 Å². The number of benzene rings is 1. The number of likely N-dealkylation sites (tertiary alicyclic amines) is 1. The number of hydrogen-bond acceptors (Lipinski definition) is 5. The highest BCUT2D eigenvalue weighted by molar-refractivity contribution is 7.09. The molecule has 2 aromatic heterocycles. The first-order valence-corrected chi connectivity index (χ1v) is 11.8. The highest BCUT2D eigenvalue weighted by atomic mass is 32.1. The molecule has 2 aliphatic heterocycles. The Balaban J connectivity index is 1.48. The maximum atomic E-state index is 13.7. The summed E-state index contributed by atoms with van der Waals surface area (Å²) in [7, 11) is 0. The minimum atomic E-state index is -1.04. The van der Waals surface area contributed by atoms with E-state index >= 15 is 0 Å². The summed E-state index contributed by atoms with van der Waals surface area (Å²) in [5.41, 5.74) is 0.710. The van der Waals surface area contributed by atoms with Crippen LogP contribution in [0.5, 0.6) is 0 Å². The lowest BCUT2D eigenvalue weighted by Gasteiger charge is -2.42. The highest BCUT2D eigenvalue weighted by Gasteiger charge is 2.58. The van der Waals surface area contributed by atoms with Crippen molar-refractivity contribution in [3.8, 4) is 0 Å². The number of thiophene rings is 2. The Labute approximate surface area is 183 Å². The molecule has 2 atom stereocenters. The number of carbonyl (C=O) groups is 2. The Bertz CT molecular complexity index is 1020. The monoisotopic (exact) mass is 438 g/mol. The number of carbonyl (C=O) groups excluding carboxylic acids is 2. The van der Waals surface area contributed by atoms with E-state index in [0.717, 1.165) is 10.4 Å². The SMILES string of the molecule is O=C(c1ccsc1)N1CCO[C@]2(C1)C(=O)N(Cc1cccs1)C[C@@H]2c1ccccc1. The molecule has 5 nitrogen and oxygen atoms in total. The van der Waals surface area contributed by atoms with Crippen LogP contribution in [0.3, 0.4) is 0 Å². The van der Waals surface area contributed by atoms with Crippen molar-refractivity contribution in [1.29, 1.82) is 0 Å². The number of rotatable bonds is 4. The number of hydrogen-bond donors (Lipinski definition) is 0. The van der Waals surface area contributed by atoms with Gasteiger partial charge in [0.1, 0.15) is 0 Å². The molecule has 2 aliphatic rings. The van der Waals surface area contributed by atoms with Gasteiger partial charge in [0.05, 0.1) is 25.3 Å². The number of ether oxygens (including phenoxy) is 1. The summed E-state index contributed by atoms with van der Waals surface area (Å²) < 4.78 is 6.27. The molecule has 7 heteroatoms. The summed E-state index contributed by atoms with van der Waals surface area (Å²) in [6, 6.07) is 16.0. The van der Waals surface area contributed by atoms with E-state index in [-0.39, 0.29) is 24.3 Å². The standard InChI is InChI=1S/C23H22N2O3S2/c26-21(18-8-12-29-15-18)24-9-10-28-23(16-24)20(17-5-2-1-3-6-17)14-25(22(23)27)13-19-7-4-11-30-19/h1-8,11-12,15,20H,9-10,13-14,16H2/t20-,23+/m1/s1. The summed E-state index contributed by atoms with van der Waals surface area (Å²) in [4.78, 5) is 31.6. The van der Waals surface area contributed by atoms with Crippen LogP contribution in [-0.4, -0.2) is 53.5 Å². The molecule has 0 N–H and O–H groups in total. The predicted molar refractivity (Wildman–Crippen MR) is 118 cm³/mol. The fourth-order valence-electron chi connectivity index (χ4n) is 4.48. The molecule has 1 aromatic carbocycles. The maximum Gasteiger partial charge on any atom is 0.257 e. The van der Waals surface area contributed by atoms with E-state index in [2.05, 4.69) is 18.2 Å². The van der Waals surface area contributed by atoms with Gasteiger partial charge in [-0.15, -0.1) is 11.3 Å². The van der Waals surface area contributed by atoms with Crippen LogP contribution in [0, 0.1) is 0 Å². The van der Waals surface area contributed by atoms with Crippen molar-refractivity contribution in [1.82, 2.24) is 9.80 Å². The Hall–Kier alpha value is -2.48. The molecule has 30 heavy (non-hydrogen) atoms. The normalized spacial score (nSPS) is 24.0. The van der Waals surface area contributed by atoms with Crippen molar-refractivity contribution >= 4 is 34.5 Å². The molecule has 0 unspecified atom stereocenters. The Morgan fingerprint density at radius 3 is 2.73 bits per heavy atom. The van der Waals surface area contributed by atoms with E-state index in [1.807, 2.05) is 51.4 Å². The van der Waals surface area contributed by atoms with Crippen molar-refractivity contribution < 1.29 is 14.3 Å². The van der Waals surface area contributed by atoms with Gasteiger partial charge in [-0.25, -0.2) is 0 Å². The topological polar surface area (TPSA) is 49.9 Å². The van der Waals surface area contributed by atoms with Crippen molar-refractivity contribution in [3.05, 3.63) is 80.7 Å². The lowest BCUT2D eigenvalue weighted by Crippen LogP contribution is -2.59. The van der Waals surface area contributed by atoms with Gasteiger partial charge in [-0.1, -0.05) is 36.4 Å². The minimum Gasteiger partial charge on any atom is -0.361 e. The van der Waals surface area contributed by atoms with Crippen LogP contribution in [0.25, 0.3) is 0 Å². The fourth-order valence-corrected chi connectivity index (χ4v) is 5.83. The van der Waals surface area contributed by atoms with E-state index in [0.29, 0.717) is 31.8 Å². The van der Waals surface area contributed by atoms with Crippen LogP contribution >= 0.6 is 22.7 Å². The minimum absolute atomic E-state index is 0.0208. The van der Waals surface area contributed by atoms with Gasteiger partial charge in [0.2, 0.25) is 0 Å². The number of nitrogens with zero attached hydrogens (tertiary/aromatic N) is 2. The van der Waals surface area contributed by atoms with Gasteiger partial charge < -0.3 is 14.5 Å². The molecule has 1 spiro atoms. The van der Waals surface area contributed by atoms with Gasteiger partial charge in [0, 0.05) is 29.3 Å². The van der Waals surface area contributed by atoms with E-state index in [4.69, 9.17) is 4.74 Å². The molecule has 3 aromatic rings. The number of morpholine rings is 1. The van der Waals surface area contributed by atoms with Crippen molar-refractivity contribution in [2.45, 2.75) is 18.1 Å². The van der Waals surface area contributed by atoms with Gasteiger partial charge >= 0.3 is 0 Å². The molecule has 154 valence electrons. The quantitative estimate of drug-likeness (QED) is 0.622. The summed E-state index contributed by atoms with van der Waals surface area (Å²) in [5.74, 6) is -0.174. The zero-order valence-electron chi connectivity index (χ0n) is 16.4. The second-order valence-electron chi connectivity index (χ2n) is 7.70. The van der Waals surface area contributed by atoms with Gasteiger partial charge in [-0.2, -0.15) is 11.3 Å². The van der Waals surface area contributed by atoms with Gasteiger partial charge in [-0.3, -0.25) is 9.59 Å². The van der Waals surface area contributed by atoms with E-state index in [1.165, 1.54) is 11.3 Å². The van der Waals surface area contributed by atoms with E-state index < -0.39 is 5.60 Å². The lowest BCUT2D eigenvalue weighted by molar-refractivity contribution is -0.160. The molecule has 0 saturated carbocycles. The third-order valence-corrected chi connectivity index (χ3v) is 7.49. The second kappa shape index (κ2) is 7.98. The van der Waals surface area contributed by atoms with Gasteiger partial charge in [0.15, 0.2) is 5.60 Å². The average Bonchev–Trinajstić information content (AvgIpc) is 3.54. The molecule has 0 bridgehead atoms.